The van der Waals surface area contributed by atoms with E-state index in [0.717, 1.165) is 22.0 Å². The fraction of sp³-hybridized carbons (Fsp3) is 0.378. The Balaban J connectivity index is 1.41. The van der Waals surface area contributed by atoms with E-state index in [1.165, 1.54) is 0 Å². The molecule has 1 N–H and O–H groups in total. The second-order valence-corrected chi connectivity index (χ2v) is 14.7. The number of thioether (sulfide) groups is 1. The lowest BCUT2D eigenvalue weighted by atomic mass is 9.66. The number of anilines is 1. The third kappa shape index (κ3) is 5.08. The molecule has 0 aromatic heterocycles. The number of amides is 3. The number of nitrogens with zero attached hydrogens (tertiary/aromatic N) is 3. The number of hydrogen-bond acceptors (Lipinski definition) is 5. The predicted octanol–water partition coefficient (Wildman–Crippen LogP) is 5.44. The number of aliphatic hydroxyl groups is 1. The van der Waals surface area contributed by atoms with Crippen molar-refractivity contribution in [3.63, 3.8) is 0 Å². The van der Waals surface area contributed by atoms with Gasteiger partial charge in [-0.15, -0.1) is 24.9 Å². The summed E-state index contributed by atoms with van der Waals surface area (Å²) in [5.74, 6) is -1.80. The molecule has 3 saturated heterocycles. The Kier molecular flexibility index (Phi) is 8.39. The molecule has 6 atom stereocenters. The van der Waals surface area contributed by atoms with Crippen LogP contribution in [0.2, 0.25) is 0 Å². The van der Waals surface area contributed by atoms with Crippen molar-refractivity contribution in [2.24, 2.45) is 11.8 Å². The van der Waals surface area contributed by atoms with Gasteiger partial charge in [0.05, 0.1) is 29.2 Å². The molecule has 3 aliphatic rings. The Morgan fingerprint density at radius 1 is 1.00 bits per heavy atom. The highest BCUT2D eigenvalue weighted by Gasteiger charge is 2.78. The van der Waals surface area contributed by atoms with E-state index in [1.807, 2.05) is 72.8 Å². The van der Waals surface area contributed by atoms with Gasteiger partial charge >= 0.3 is 0 Å². The number of carbonyl (C=O) groups is 3. The summed E-state index contributed by atoms with van der Waals surface area (Å²) in [7, 11) is 0. The van der Waals surface area contributed by atoms with Gasteiger partial charge in [-0.05, 0) is 55.2 Å². The first-order chi connectivity index (χ1) is 21.7. The third-order valence-corrected chi connectivity index (χ3v) is 11.9. The number of carbonyl (C=O) groups excluding carboxylic acids is 3. The van der Waals surface area contributed by atoms with Crippen LogP contribution in [0.25, 0.3) is 10.8 Å². The summed E-state index contributed by atoms with van der Waals surface area (Å²) in [4.78, 5) is 49.2. The highest BCUT2D eigenvalue weighted by molar-refractivity contribution is 8.02. The van der Waals surface area contributed by atoms with Crippen LogP contribution in [0.5, 0.6) is 0 Å². The fourth-order valence-corrected chi connectivity index (χ4v) is 10.2. The van der Waals surface area contributed by atoms with Gasteiger partial charge in [0.1, 0.15) is 6.04 Å². The van der Waals surface area contributed by atoms with Crippen LogP contribution in [0.4, 0.5) is 5.69 Å². The second kappa shape index (κ2) is 12.1. The smallest absolute Gasteiger partial charge is 0.251 e. The van der Waals surface area contributed by atoms with Gasteiger partial charge in [-0.2, -0.15) is 0 Å². The topological polar surface area (TPSA) is 81.2 Å². The van der Waals surface area contributed by atoms with Gasteiger partial charge in [-0.25, -0.2) is 0 Å². The summed E-state index contributed by atoms with van der Waals surface area (Å²) < 4.78 is -1.30. The van der Waals surface area contributed by atoms with Gasteiger partial charge in [0.15, 0.2) is 0 Å². The van der Waals surface area contributed by atoms with E-state index in [2.05, 4.69) is 20.1 Å². The normalized spacial score (nSPS) is 27.3. The first kappa shape index (κ1) is 31.1. The van der Waals surface area contributed by atoms with Crippen molar-refractivity contribution in [3.8, 4) is 0 Å². The molecule has 3 aromatic rings. The molecule has 3 fully saturated rings. The molecule has 6 rings (SSSR count). The maximum atomic E-state index is 14.9. The van der Waals surface area contributed by atoms with Crippen LogP contribution < -0.4 is 4.90 Å². The van der Waals surface area contributed by atoms with E-state index in [0.29, 0.717) is 25.9 Å². The van der Waals surface area contributed by atoms with Crippen LogP contribution in [-0.2, 0) is 20.9 Å². The van der Waals surface area contributed by atoms with Crippen LogP contribution in [0.3, 0.4) is 0 Å². The summed E-state index contributed by atoms with van der Waals surface area (Å²) in [6, 6.07) is 22.3. The summed E-state index contributed by atoms with van der Waals surface area (Å²) in [6.07, 6.45) is 4.77. The van der Waals surface area contributed by atoms with Gasteiger partial charge < -0.3 is 19.8 Å². The zero-order chi connectivity index (χ0) is 31.9. The maximum absolute atomic E-state index is 14.9. The molecule has 234 valence electrons. The first-order valence-electron chi connectivity index (χ1n) is 15.7. The largest absolute Gasteiger partial charge is 0.394 e. The summed E-state index contributed by atoms with van der Waals surface area (Å²) in [5.41, 5.74) is 1.72. The Hall–Kier alpha value is -3.88. The standard InChI is InChI=1S/C37H41N3O4S/c1-5-20-38(23-26-12-8-7-9-13-26)33(42)30-31-34(43)40(25(3)24-41)32(37(31)19-18-36(30,4)45-37)35(44)39(21-6-2)29-17-16-27-14-10-11-15-28(27)22-29/h5-17,22,25,30-32,41H,1-2,18-21,23-24H2,3-4H3/t25-,30+,31+,32?,36-,37?/m1/s1. The molecule has 3 aromatic carbocycles. The molecule has 2 unspecified atom stereocenters. The number of rotatable bonds is 11. The van der Waals surface area contributed by atoms with Crippen molar-refractivity contribution < 1.29 is 19.5 Å². The minimum atomic E-state index is -0.838. The van der Waals surface area contributed by atoms with Gasteiger partial charge in [0, 0.05) is 30.1 Å². The van der Waals surface area contributed by atoms with E-state index in [9.17, 15) is 19.5 Å². The lowest BCUT2D eigenvalue weighted by Gasteiger charge is -2.39. The number of aliphatic hydroxyl groups excluding tert-OH is 1. The van der Waals surface area contributed by atoms with Crippen molar-refractivity contribution in [3.05, 3.63) is 104 Å². The van der Waals surface area contributed by atoms with E-state index in [-0.39, 0.29) is 30.9 Å². The monoisotopic (exact) mass is 623 g/mol. The Morgan fingerprint density at radius 2 is 1.69 bits per heavy atom. The molecule has 3 aliphatic heterocycles. The fourth-order valence-electron chi connectivity index (χ4n) is 7.91. The molecular formula is C37H41N3O4S. The average molecular weight is 624 g/mol. The van der Waals surface area contributed by atoms with Crippen molar-refractivity contribution >= 4 is 45.9 Å². The van der Waals surface area contributed by atoms with E-state index >= 15 is 0 Å². The first-order valence-corrected chi connectivity index (χ1v) is 16.5. The molecule has 1 spiro atoms. The van der Waals surface area contributed by atoms with Crippen LogP contribution >= 0.6 is 11.8 Å². The number of likely N-dealkylation sites (tertiary alicyclic amines) is 1. The molecule has 0 aliphatic carbocycles. The van der Waals surface area contributed by atoms with Crippen LogP contribution in [0.1, 0.15) is 32.3 Å². The average Bonchev–Trinajstić information content (AvgIpc) is 3.63. The maximum Gasteiger partial charge on any atom is 0.251 e. The SMILES string of the molecule is C=CCN(Cc1ccccc1)C(=O)[C@@H]1[C@H]2C(=O)N([C@H](C)CO)C(C(=O)N(CC=C)c3ccc4ccccc4c3)C23CC[C@@]1(C)S3. The van der Waals surface area contributed by atoms with Crippen molar-refractivity contribution in [2.45, 2.75) is 54.8 Å². The molecule has 7 nitrogen and oxygen atoms in total. The Bertz CT molecular complexity index is 1640. The molecule has 3 heterocycles. The van der Waals surface area contributed by atoms with Crippen molar-refractivity contribution in [1.82, 2.24) is 9.80 Å². The van der Waals surface area contributed by atoms with E-state index < -0.39 is 33.4 Å². The highest BCUT2D eigenvalue weighted by atomic mass is 32.2. The molecular weight excluding hydrogens is 582 g/mol. The second-order valence-electron chi connectivity index (χ2n) is 12.8. The number of fused-ring (bicyclic) bond motifs is 2. The molecule has 3 amide bonds. The van der Waals surface area contributed by atoms with Crippen molar-refractivity contribution in [2.75, 3.05) is 24.6 Å². The van der Waals surface area contributed by atoms with Gasteiger partial charge in [-0.1, -0.05) is 72.8 Å². The van der Waals surface area contributed by atoms with Crippen LogP contribution in [0.15, 0.2) is 98.1 Å². The predicted molar refractivity (Wildman–Crippen MR) is 181 cm³/mol. The summed E-state index contributed by atoms with van der Waals surface area (Å²) in [6.45, 7) is 12.4. The van der Waals surface area contributed by atoms with Crippen LogP contribution in [-0.4, -0.2) is 73.9 Å². The van der Waals surface area contributed by atoms with Crippen LogP contribution in [0, 0.1) is 11.8 Å². The highest BCUT2D eigenvalue weighted by Crippen LogP contribution is 2.72. The zero-order valence-corrected chi connectivity index (χ0v) is 26.8. The Morgan fingerprint density at radius 3 is 2.38 bits per heavy atom. The quantitative estimate of drug-likeness (QED) is 0.288. The van der Waals surface area contributed by atoms with Gasteiger partial charge in [-0.3, -0.25) is 14.4 Å². The lowest BCUT2D eigenvalue weighted by molar-refractivity contribution is -0.146. The Labute approximate surface area is 269 Å². The van der Waals surface area contributed by atoms with Crippen molar-refractivity contribution in [1.29, 1.82) is 0 Å². The molecule has 8 heteroatoms. The van der Waals surface area contributed by atoms with Gasteiger partial charge in [0.25, 0.3) is 5.91 Å². The minimum Gasteiger partial charge on any atom is -0.394 e. The number of benzene rings is 3. The molecule has 0 radical (unpaired) electrons. The number of hydrogen-bond donors (Lipinski definition) is 1. The van der Waals surface area contributed by atoms with E-state index in [4.69, 9.17) is 0 Å². The molecule has 45 heavy (non-hydrogen) atoms. The van der Waals surface area contributed by atoms with E-state index in [1.54, 1.807) is 45.5 Å². The third-order valence-electron chi connectivity index (χ3n) is 9.95. The lowest BCUT2D eigenvalue weighted by Crippen LogP contribution is -2.57. The summed E-state index contributed by atoms with van der Waals surface area (Å²) >= 11 is 1.64. The zero-order valence-electron chi connectivity index (χ0n) is 26.0. The molecule has 2 bridgehead atoms. The summed E-state index contributed by atoms with van der Waals surface area (Å²) in [5, 5.41) is 12.4. The minimum absolute atomic E-state index is 0.0872. The molecule has 0 saturated carbocycles. The van der Waals surface area contributed by atoms with Gasteiger partial charge in [0.2, 0.25) is 11.8 Å².